The summed E-state index contributed by atoms with van der Waals surface area (Å²) in [6.45, 7) is 3.19. The van der Waals surface area contributed by atoms with Gasteiger partial charge in [-0.25, -0.2) is 8.42 Å². The molecular formula is C15H15F3N2O2S3. The number of thiophene rings is 1. The summed E-state index contributed by atoms with van der Waals surface area (Å²) in [6.07, 6.45) is -4.40. The van der Waals surface area contributed by atoms with E-state index in [1.165, 1.54) is 34.9 Å². The summed E-state index contributed by atoms with van der Waals surface area (Å²) in [5, 5.41) is 7.21. The number of hydrogen-bond acceptors (Lipinski definition) is 4. The zero-order valence-electron chi connectivity index (χ0n) is 13.2. The number of thiocarbonyl (C=S) groups is 1. The highest BCUT2D eigenvalue weighted by molar-refractivity contribution is 7.92. The minimum absolute atomic E-state index is 0.148. The van der Waals surface area contributed by atoms with Crippen molar-refractivity contribution in [2.45, 2.75) is 30.2 Å². The zero-order valence-corrected chi connectivity index (χ0v) is 15.7. The van der Waals surface area contributed by atoms with E-state index in [1.807, 2.05) is 0 Å². The number of anilines is 2. The zero-order chi connectivity index (χ0) is 18.8. The van der Waals surface area contributed by atoms with E-state index in [9.17, 15) is 21.6 Å². The molecule has 0 aliphatic rings. The van der Waals surface area contributed by atoms with Crippen LogP contribution in [0.3, 0.4) is 0 Å². The van der Waals surface area contributed by atoms with Crippen LogP contribution in [0, 0.1) is 0 Å². The van der Waals surface area contributed by atoms with E-state index < -0.39 is 26.8 Å². The van der Waals surface area contributed by atoms with Crippen molar-refractivity contribution in [3.05, 3.63) is 41.3 Å². The fourth-order valence-electron chi connectivity index (χ4n) is 1.82. The third-order valence-electron chi connectivity index (χ3n) is 3.23. The smallest absolute Gasteiger partial charge is 0.332 e. The van der Waals surface area contributed by atoms with Crippen molar-refractivity contribution in [2.24, 2.45) is 0 Å². The van der Waals surface area contributed by atoms with Gasteiger partial charge in [0.15, 0.2) is 14.9 Å². The van der Waals surface area contributed by atoms with Crippen LogP contribution in [0.4, 0.5) is 23.9 Å². The van der Waals surface area contributed by atoms with Crippen LogP contribution in [0.1, 0.15) is 19.4 Å². The van der Waals surface area contributed by atoms with Crippen LogP contribution in [0.5, 0.6) is 0 Å². The number of sulfone groups is 1. The minimum Gasteiger partial charge on any atom is -0.332 e. The first-order valence-electron chi connectivity index (χ1n) is 7.08. The second kappa shape index (κ2) is 7.30. The normalized spacial score (nSPS) is 12.2. The SMILES string of the molecule is CC(C)S(=O)(=O)c1csc(NC(=S)Nc2ccc(C(F)(F)F)cc2)c1. The molecule has 2 N–H and O–H groups in total. The van der Waals surface area contributed by atoms with Crippen molar-refractivity contribution in [2.75, 3.05) is 10.6 Å². The molecule has 1 aromatic carbocycles. The molecule has 10 heteroatoms. The van der Waals surface area contributed by atoms with Gasteiger partial charge in [0.1, 0.15) is 0 Å². The highest BCUT2D eigenvalue weighted by Crippen LogP contribution is 2.30. The van der Waals surface area contributed by atoms with E-state index >= 15 is 0 Å². The Morgan fingerprint density at radius 2 is 1.76 bits per heavy atom. The largest absolute Gasteiger partial charge is 0.416 e. The van der Waals surface area contributed by atoms with Crippen LogP contribution in [-0.2, 0) is 16.0 Å². The number of nitrogens with one attached hydrogen (secondary N) is 2. The van der Waals surface area contributed by atoms with Gasteiger partial charge < -0.3 is 10.6 Å². The Hall–Kier alpha value is -1.65. The average Bonchev–Trinajstić information content (AvgIpc) is 2.95. The van der Waals surface area contributed by atoms with E-state index in [0.717, 1.165) is 12.1 Å². The number of alkyl halides is 3. The van der Waals surface area contributed by atoms with Crippen molar-refractivity contribution in [3.63, 3.8) is 0 Å². The molecule has 0 bridgehead atoms. The van der Waals surface area contributed by atoms with Gasteiger partial charge in [0.25, 0.3) is 0 Å². The molecule has 0 unspecified atom stereocenters. The Bertz CT molecular complexity index is 857. The van der Waals surface area contributed by atoms with Crippen molar-refractivity contribution in [3.8, 4) is 0 Å². The van der Waals surface area contributed by atoms with Crippen molar-refractivity contribution in [1.82, 2.24) is 0 Å². The molecule has 1 aromatic heterocycles. The Morgan fingerprint density at radius 1 is 1.16 bits per heavy atom. The summed E-state index contributed by atoms with van der Waals surface area (Å²) in [5.74, 6) is 0. The van der Waals surface area contributed by atoms with Crippen LogP contribution < -0.4 is 10.6 Å². The maximum Gasteiger partial charge on any atom is 0.416 e. The quantitative estimate of drug-likeness (QED) is 0.715. The summed E-state index contributed by atoms with van der Waals surface area (Å²) < 4.78 is 61.7. The molecular weight excluding hydrogens is 393 g/mol. The Morgan fingerprint density at radius 3 is 2.28 bits per heavy atom. The molecule has 0 amide bonds. The average molecular weight is 408 g/mol. The number of hydrogen-bond donors (Lipinski definition) is 2. The van der Waals surface area contributed by atoms with Crippen LogP contribution in [0.15, 0.2) is 40.6 Å². The molecule has 25 heavy (non-hydrogen) atoms. The van der Waals surface area contributed by atoms with Gasteiger partial charge >= 0.3 is 6.18 Å². The second-order valence-corrected chi connectivity index (χ2v) is 9.22. The van der Waals surface area contributed by atoms with Gasteiger partial charge in [0.2, 0.25) is 0 Å². The van der Waals surface area contributed by atoms with Gasteiger partial charge in [-0.1, -0.05) is 0 Å². The first-order valence-corrected chi connectivity index (χ1v) is 9.91. The van der Waals surface area contributed by atoms with Crippen LogP contribution in [0.2, 0.25) is 0 Å². The molecule has 4 nitrogen and oxygen atoms in total. The topological polar surface area (TPSA) is 58.2 Å². The first kappa shape index (κ1) is 19.7. The third-order valence-corrected chi connectivity index (χ3v) is 6.56. The molecule has 0 atom stereocenters. The summed E-state index contributed by atoms with van der Waals surface area (Å²) in [7, 11) is -3.37. The van der Waals surface area contributed by atoms with Crippen molar-refractivity contribution < 1.29 is 21.6 Å². The third kappa shape index (κ3) is 4.93. The Balaban J connectivity index is 2.03. The van der Waals surface area contributed by atoms with Gasteiger partial charge in [-0.15, -0.1) is 11.3 Å². The van der Waals surface area contributed by atoms with Gasteiger partial charge in [0.05, 0.1) is 20.7 Å². The monoisotopic (exact) mass is 408 g/mol. The van der Waals surface area contributed by atoms with E-state index in [0.29, 0.717) is 10.7 Å². The lowest BCUT2D eigenvalue weighted by Crippen LogP contribution is -2.18. The molecule has 136 valence electrons. The van der Waals surface area contributed by atoms with Gasteiger partial charge in [-0.2, -0.15) is 13.2 Å². The van der Waals surface area contributed by atoms with E-state index in [4.69, 9.17) is 12.2 Å². The number of rotatable bonds is 4. The fraction of sp³-hybridized carbons (Fsp3) is 0.267. The summed E-state index contributed by atoms with van der Waals surface area (Å²) >= 11 is 6.26. The summed E-state index contributed by atoms with van der Waals surface area (Å²) in [5.41, 5.74) is -0.365. The lowest BCUT2D eigenvalue weighted by atomic mass is 10.2. The molecule has 0 saturated heterocycles. The number of benzene rings is 1. The van der Waals surface area contributed by atoms with Crippen LogP contribution in [0.25, 0.3) is 0 Å². The van der Waals surface area contributed by atoms with E-state index in [-0.39, 0.29) is 10.0 Å². The molecule has 0 aliphatic carbocycles. The minimum atomic E-state index is -4.40. The van der Waals surface area contributed by atoms with Gasteiger partial charge in [-0.3, -0.25) is 0 Å². The molecule has 2 aromatic rings. The van der Waals surface area contributed by atoms with Crippen molar-refractivity contribution >= 4 is 49.2 Å². The molecule has 0 saturated carbocycles. The Kier molecular flexibility index (Phi) is 5.75. The molecule has 1 heterocycles. The first-order chi connectivity index (χ1) is 11.5. The molecule has 0 radical (unpaired) electrons. The molecule has 0 aliphatic heterocycles. The maximum atomic E-state index is 12.5. The van der Waals surface area contributed by atoms with Gasteiger partial charge in [-0.05, 0) is 56.4 Å². The summed E-state index contributed by atoms with van der Waals surface area (Å²) in [4.78, 5) is 0.201. The predicted molar refractivity (Wildman–Crippen MR) is 97.9 cm³/mol. The highest BCUT2D eigenvalue weighted by atomic mass is 32.2. The molecule has 0 spiro atoms. The Labute approximate surface area is 153 Å². The highest BCUT2D eigenvalue weighted by Gasteiger charge is 2.30. The fourth-order valence-corrected chi connectivity index (χ4v) is 4.36. The molecule has 2 rings (SSSR count). The number of halogens is 3. The van der Waals surface area contributed by atoms with Crippen LogP contribution >= 0.6 is 23.6 Å². The lowest BCUT2D eigenvalue weighted by molar-refractivity contribution is -0.137. The standard InChI is InChI=1S/C15H15F3N2O2S3/c1-9(2)25(21,22)12-7-13(24-8-12)20-14(23)19-11-5-3-10(4-6-11)15(16,17)18/h3-9H,1-2H3,(H2,19,20,23). The van der Waals surface area contributed by atoms with E-state index in [2.05, 4.69) is 10.6 Å². The van der Waals surface area contributed by atoms with E-state index in [1.54, 1.807) is 13.8 Å². The lowest BCUT2D eigenvalue weighted by Gasteiger charge is -2.11. The van der Waals surface area contributed by atoms with Gasteiger partial charge in [0, 0.05) is 11.1 Å². The molecule has 0 fully saturated rings. The van der Waals surface area contributed by atoms with Crippen LogP contribution in [-0.4, -0.2) is 18.8 Å². The second-order valence-electron chi connectivity index (χ2n) is 5.39. The maximum absolute atomic E-state index is 12.5. The van der Waals surface area contributed by atoms with Crippen molar-refractivity contribution in [1.29, 1.82) is 0 Å². The predicted octanol–water partition coefficient (Wildman–Crippen LogP) is 4.76. The summed E-state index contributed by atoms with van der Waals surface area (Å²) in [6, 6.07) is 5.90.